The van der Waals surface area contributed by atoms with E-state index in [0.717, 1.165) is 0 Å². The number of hydrogen-bond donors (Lipinski definition) is 2. The van der Waals surface area contributed by atoms with Crippen molar-refractivity contribution in [2.24, 2.45) is 0 Å². The Morgan fingerprint density at radius 2 is 1.63 bits per heavy atom. The Kier molecular flexibility index (Phi) is 4.01. The van der Waals surface area contributed by atoms with Crippen molar-refractivity contribution in [3.63, 3.8) is 0 Å². The Labute approximate surface area is 107 Å². The smallest absolute Gasteiger partial charge is 0.300 e. The van der Waals surface area contributed by atoms with Crippen LogP contribution in [0, 0.1) is 20.2 Å². The molecule has 0 spiro atoms. The molecule has 0 aliphatic heterocycles. The van der Waals surface area contributed by atoms with Crippen LogP contribution >= 0.6 is 0 Å². The second kappa shape index (κ2) is 5.16. The minimum absolute atomic E-state index is 0.160. The predicted molar refractivity (Wildman–Crippen MR) is 63.7 cm³/mol. The Bertz CT molecular complexity index is 605. The maximum absolute atomic E-state index is 10.9. The highest BCUT2D eigenvalue weighted by Crippen LogP contribution is 2.36. The molecular weight excluding hydrogens is 282 g/mol. The quantitative estimate of drug-likeness (QED) is 0.465. The molecule has 0 unspecified atom stereocenters. The maximum Gasteiger partial charge on any atom is 0.300 e. The molecule has 0 amide bonds. The number of nitro groups is 2. The summed E-state index contributed by atoms with van der Waals surface area (Å²) < 4.78 is 30.7. The van der Waals surface area contributed by atoms with Gasteiger partial charge in [-0.15, -0.1) is 0 Å². The van der Waals surface area contributed by atoms with E-state index in [9.17, 15) is 28.6 Å². The van der Waals surface area contributed by atoms with Crippen LogP contribution in [0.4, 0.5) is 17.1 Å². The van der Waals surface area contributed by atoms with Gasteiger partial charge in [0.2, 0.25) is 0 Å². The third-order valence-electron chi connectivity index (χ3n) is 2.12. The van der Waals surface area contributed by atoms with Crippen molar-refractivity contribution in [1.82, 2.24) is 0 Å². The first-order chi connectivity index (χ1) is 8.68. The zero-order valence-electron chi connectivity index (χ0n) is 9.56. The standard InChI is InChI=1S/C8H9N3O7S/c1-2-9-8-6(10(12)13)3-5(19(16,17)18)4-7(8)11(14)15/h3-4,9H,2H2,1H3,(H,16,17,18). The van der Waals surface area contributed by atoms with Gasteiger partial charge in [-0.25, -0.2) is 0 Å². The fourth-order valence-electron chi connectivity index (χ4n) is 1.38. The lowest BCUT2D eigenvalue weighted by atomic mass is 10.2. The Balaban J connectivity index is 3.72. The summed E-state index contributed by atoms with van der Waals surface area (Å²) in [5.74, 6) is 0. The van der Waals surface area contributed by atoms with Crippen LogP contribution in [0.25, 0.3) is 0 Å². The minimum atomic E-state index is -4.78. The van der Waals surface area contributed by atoms with Gasteiger partial charge in [0.05, 0.1) is 9.85 Å². The lowest BCUT2D eigenvalue weighted by Crippen LogP contribution is -2.08. The van der Waals surface area contributed by atoms with Crippen LogP contribution < -0.4 is 5.32 Å². The van der Waals surface area contributed by atoms with Crippen LogP contribution in [0.5, 0.6) is 0 Å². The van der Waals surface area contributed by atoms with E-state index in [1.54, 1.807) is 6.92 Å². The van der Waals surface area contributed by atoms with Crippen molar-refractivity contribution in [3.05, 3.63) is 32.4 Å². The molecule has 1 rings (SSSR count). The van der Waals surface area contributed by atoms with E-state index in [-0.39, 0.29) is 6.54 Å². The lowest BCUT2D eigenvalue weighted by molar-refractivity contribution is -0.392. The summed E-state index contributed by atoms with van der Waals surface area (Å²) >= 11 is 0. The number of benzene rings is 1. The molecular formula is C8H9N3O7S. The normalized spacial score (nSPS) is 11.1. The van der Waals surface area contributed by atoms with E-state index in [4.69, 9.17) is 4.55 Å². The van der Waals surface area contributed by atoms with Crippen molar-refractivity contribution < 1.29 is 22.8 Å². The summed E-state index contributed by atoms with van der Waals surface area (Å²) in [6.07, 6.45) is 0. The third-order valence-corrected chi connectivity index (χ3v) is 2.95. The van der Waals surface area contributed by atoms with Gasteiger partial charge >= 0.3 is 11.4 Å². The summed E-state index contributed by atoms with van der Waals surface area (Å²) in [4.78, 5) is 18.8. The largest absolute Gasteiger partial charge is 0.374 e. The van der Waals surface area contributed by atoms with Gasteiger partial charge in [0.15, 0.2) is 5.69 Å². The second-order valence-electron chi connectivity index (χ2n) is 3.36. The molecule has 2 N–H and O–H groups in total. The minimum Gasteiger partial charge on any atom is -0.374 e. The van der Waals surface area contributed by atoms with Crippen LogP contribution in [-0.4, -0.2) is 29.4 Å². The van der Waals surface area contributed by atoms with Gasteiger partial charge in [0.25, 0.3) is 10.1 Å². The van der Waals surface area contributed by atoms with Crippen molar-refractivity contribution in [3.8, 4) is 0 Å². The molecule has 10 nitrogen and oxygen atoms in total. The Morgan fingerprint density at radius 3 is 1.89 bits per heavy atom. The summed E-state index contributed by atoms with van der Waals surface area (Å²) in [6.45, 7) is 1.72. The highest BCUT2D eigenvalue weighted by Gasteiger charge is 2.29. The SMILES string of the molecule is CCNc1c([N+](=O)[O-])cc(S(=O)(=O)O)cc1[N+](=O)[O-]. The van der Waals surface area contributed by atoms with E-state index >= 15 is 0 Å². The van der Waals surface area contributed by atoms with Gasteiger partial charge < -0.3 is 5.32 Å². The zero-order chi connectivity index (χ0) is 14.8. The van der Waals surface area contributed by atoms with Gasteiger partial charge in [0, 0.05) is 18.7 Å². The predicted octanol–water partition coefficient (Wildman–Crippen LogP) is 1.18. The van der Waals surface area contributed by atoms with E-state index in [1.165, 1.54) is 0 Å². The molecule has 0 atom stereocenters. The first kappa shape index (κ1) is 14.8. The first-order valence-electron chi connectivity index (χ1n) is 4.86. The van der Waals surface area contributed by atoms with Crippen LogP contribution in [-0.2, 0) is 10.1 Å². The lowest BCUT2D eigenvalue weighted by Gasteiger charge is -2.06. The molecule has 104 valence electrons. The Morgan fingerprint density at radius 1 is 1.21 bits per heavy atom. The molecule has 1 aromatic carbocycles. The molecule has 0 bridgehead atoms. The number of rotatable bonds is 5. The van der Waals surface area contributed by atoms with E-state index < -0.39 is 41.9 Å². The monoisotopic (exact) mass is 291 g/mol. The van der Waals surface area contributed by atoms with E-state index in [1.807, 2.05) is 0 Å². The molecule has 0 saturated carbocycles. The van der Waals surface area contributed by atoms with Crippen molar-refractivity contribution in [2.45, 2.75) is 11.8 Å². The fourth-order valence-corrected chi connectivity index (χ4v) is 1.90. The molecule has 0 aromatic heterocycles. The Hall–Kier alpha value is -2.27. The number of hydrogen-bond acceptors (Lipinski definition) is 7. The van der Waals surface area contributed by atoms with Crippen molar-refractivity contribution in [2.75, 3.05) is 11.9 Å². The van der Waals surface area contributed by atoms with Crippen LogP contribution in [0.3, 0.4) is 0 Å². The van der Waals surface area contributed by atoms with E-state index in [0.29, 0.717) is 12.1 Å². The van der Waals surface area contributed by atoms with Crippen molar-refractivity contribution in [1.29, 1.82) is 0 Å². The van der Waals surface area contributed by atoms with Gasteiger partial charge in [-0.2, -0.15) is 8.42 Å². The highest BCUT2D eigenvalue weighted by molar-refractivity contribution is 7.85. The molecule has 0 aliphatic rings. The first-order valence-corrected chi connectivity index (χ1v) is 6.30. The fraction of sp³-hybridized carbons (Fsp3) is 0.250. The summed E-state index contributed by atoms with van der Waals surface area (Å²) in [5.41, 5.74) is -2.02. The maximum atomic E-state index is 10.9. The zero-order valence-corrected chi connectivity index (χ0v) is 10.4. The average Bonchev–Trinajstić information content (AvgIpc) is 2.27. The number of nitrogens with one attached hydrogen (secondary N) is 1. The molecule has 0 heterocycles. The molecule has 1 aromatic rings. The van der Waals surface area contributed by atoms with Gasteiger partial charge in [-0.1, -0.05) is 0 Å². The summed E-state index contributed by atoms with van der Waals surface area (Å²) in [5, 5.41) is 24.1. The number of nitrogens with zero attached hydrogens (tertiary/aromatic N) is 2. The van der Waals surface area contributed by atoms with Gasteiger partial charge in [-0.05, 0) is 6.92 Å². The summed E-state index contributed by atoms with van der Waals surface area (Å²) in [6, 6.07) is 1.11. The van der Waals surface area contributed by atoms with Crippen LogP contribution in [0.15, 0.2) is 17.0 Å². The van der Waals surface area contributed by atoms with E-state index in [2.05, 4.69) is 5.32 Å². The molecule has 11 heteroatoms. The van der Waals surface area contributed by atoms with Gasteiger partial charge in [-0.3, -0.25) is 24.8 Å². The second-order valence-corrected chi connectivity index (χ2v) is 4.78. The highest BCUT2D eigenvalue weighted by atomic mass is 32.2. The van der Waals surface area contributed by atoms with Crippen LogP contribution in [0.2, 0.25) is 0 Å². The van der Waals surface area contributed by atoms with Crippen LogP contribution in [0.1, 0.15) is 6.92 Å². The summed E-state index contributed by atoms with van der Waals surface area (Å²) in [7, 11) is -4.78. The average molecular weight is 291 g/mol. The topological polar surface area (TPSA) is 153 Å². The van der Waals surface area contributed by atoms with Crippen molar-refractivity contribution >= 4 is 27.2 Å². The third kappa shape index (κ3) is 3.14. The molecule has 0 saturated heterocycles. The number of nitro benzene ring substituents is 2. The number of anilines is 1. The molecule has 0 fully saturated rings. The molecule has 0 aliphatic carbocycles. The molecule has 0 radical (unpaired) electrons. The van der Waals surface area contributed by atoms with Gasteiger partial charge in [0.1, 0.15) is 4.90 Å². The molecule has 19 heavy (non-hydrogen) atoms.